The summed E-state index contributed by atoms with van der Waals surface area (Å²) in [5, 5.41) is 18.8. The van der Waals surface area contributed by atoms with Crippen molar-refractivity contribution in [3.05, 3.63) is 84.6 Å². The predicted octanol–water partition coefficient (Wildman–Crippen LogP) is 4.42. The molecule has 0 fully saturated rings. The zero-order valence-electron chi connectivity index (χ0n) is 24.8. The number of nitrogens with zero attached hydrogens (tertiary/aromatic N) is 4. The summed E-state index contributed by atoms with van der Waals surface area (Å²) in [6, 6.07) is 7.28. The van der Waals surface area contributed by atoms with Gasteiger partial charge in [-0.15, -0.1) is 0 Å². The molecule has 1 aliphatic rings. The molecule has 2 aromatic carbocycles. The second kappa shape index (κ2) is 12.9. The summed E-state index contributed by atoms with van der Waals surface area (Å²) < 4.78 is 16.7. The van der Waals surface area contributed by atoms with Crippen molar-refractivity contribution in [2.75, 3.05) is 7.11 Å². The summed E-state index contributed by atoms with van der Waals surface area (Å²) in [6.45, 7) is 6.22. The van der Waals surface area contributed by atoms with Gasteiger partial charge in [-0.2, -0.15) is 0 Å². The molecule has 0 spiro atoms. The van der Waals surface area contributed by atoms with Gasteiger partial charge in [-0.25, -0.2) is 14.4 Å². The summed E-state index contributed by atoms with van der Waals surface area (Å²) in [5.41, 5.74) is -0.664. The molecular formula is C29H32ClN5O9. The lowest BCUT2D eigenvalue weighted by Gasteiger charge is -2.26. The molecule has 2 heterocycles. The number of hydrogen-bond donors (Lipinski definition) is 1. The quantitative estimate of drug-likeness (QED) is 0.213. The summed E-state index contributed by atoms with van der Waals surface area (Å²) >= 11 is 6.18. The number of nitro groups is 1. The Bertz CT molecular complexity index is 1660. The number of carbonyl (C=O) groups is 3. The molecule has 0 unspecified atom stereocenters. The van der Waals surface area contributed by atoms with Crippen LogP contribution in [0.4, 0.5) is 10.5 Å². The molecule has 0 aliphatic carbocycles. The van der Waals surface area contributed by atoms with Gasteiger partial charge in [-0.1, -0.05) is 29.7 Å². The van der Waals surface area contributed by atoms with Crippen LogP contribution in [0.25, 0.3) is 0 Å². The molecule has 1 aliphatic heterocycles. The van der Waals surface area contributed by atoms with E-state index in [-0.39, 0.29) is 37.3 Å². The first-order valence-corrected chi connectivity index (χ1v) is 14.1. The molecule has 14 nitrogen and oxygen atoms in total. The minimum atomic E-state index is -0.902. The summed E-state index contributed by atoms with van der Waals surface area (Å²) in [6.07, 6.45) is 0.369. The van der Waals surface area contributed by atoms with E-state index in [0.29, 0.717) is 21.9 Å². The SMILES string of the molecule is CC[C@@H](NC(=O)N1Cc2noc(=O)n2C[C@H](Cc2cc(Cl)ccc2OC)C1=O)c1ccc(C(=O)OC(C)(C)C)c([N+](=O)[O-])c1. The van der Waals surface area contributed by atoms with Gasteiger partial charge in [-0.3, -0.25) is 28.9 Å². The minimum absolute atomic E-state index is 0.0736. The highest BCUT2D eigenvalue weighted by atomic mass is 35.5. The molecule has 234 valence electrons. The Hall–Kier alpha value is -4.72. The molecule has 1 aromatic heterocycles. The first-order chi connectivity index (χ1) is 20.7. The first kappa shape index (κ1) is 32.2. The van der Waals surface area contributed by atoms with Gasteiger partial charge in [0.25, 0.3) is 5.69 Å². The van der Waals surface area contributed by atoms with Crippen LogP contribution >= 0.6 is 11.6 Å². The van der Waals surface area contributed by atoms with Gasteiger partial charge in [0.05, 0.1) is 30.5 Å². The van der Waals surface area contributed by atoms with Crippen molar-refractivity contribution in [3.8, 4) is 5.75 Å². The standard InChI is InChI=1S/C29H32ClN5O9/c1-6-21(16-7-9-20(22(13-16)35(40)41)26(37)43-29(2,3)4)31-27(38)34-15-24-32-44-28(39)33(24)14-18(25(34)36)11-17-12-19(30)8-10-23(17)42-5/h7-10,12-13,18,21H,6,11,14-15H2,1-5H3,(H,31,38)/t18-,21+/m0/s1. The number of nitro benzene ring substituents is 1. The Morgan fingerprint density at radius 1 is 1.23 bits per heavy atom. The van der Waals surface area contributed by atoms with E-state index in [1.807, 2.05) is 0 Å². The van der Waals surface area contributed by atoms with Crippen LogP contribution in [-0.2, 0) is 29.0 Å². The first-order valence-electron chi connectivity index (χ1n) is 13.7. The van der Waals surface area contributed by atoms with Crippen LogP contribution < -0.4 is 15.8 Å². The van der Waals surface area contributed by atoms with Gasteiger partial charge >= 0.3 is 17.8 Å². The van der Waals surface area contributed by atoms with Crippen molar-refractivity contribution in [3.63, 3.8) is 0 Å². The maximum Gasteiger partial charge on any atom is 0.441 e. The number of benzene rings is 2. The van der Waals surface area contributed by atoms with E-state index in [2.05, 4.69) is 10.5 Å². The zero-order valence-corrected chi connectivity index (χ0v) is 25.5. The second-order valence-corrected chi connectivity index (χ2v) is 11.6. The Balaban J connectivity index is 1.64. The van der Waals surface area contributed by atoms with Crippen LogP contribution in [0.2, 0.25) is 5.02 Å². The van der Waals surface area contributed by atoms with Gasteiger partial charge in [0.15, 0.2) is 5.82 Å². The van der Waals surface area contributed by atoms with Crippen molar-refractivity contribution in [2.45, 2.75) is 65.3 Å². The van der Waals surface area contributed by atoms with Crippen LogP contribution in [-0.4, -0.2) is 50.2 Å². The van der Waals surface area contributed by atoms with Gasteiger partial charge in [0, 0.05) is 17.6 Å². The average Bonchev–Trinajstić information content (AvgIpc) is 3.23. The number of imide groups is 1. The Morgan fingerprint density at radius 2 is 1.95 bits per heavy atom. The van der Waals surface area contributed by atoms with E-state index in [0.717, 1.165) is 4.90 Å². The predicted molar refractivity (Wildman–Crippen MR) is 156 cm³/mol. The smallest absolute Gasteiger partial charge is 0.441 e. The molecule has 3 amide bonds. The van der Waals surface area contributed by atoms with Gasteiger partial charge < -0.3 is 14.8 Å². The molecule has 44 heavy (non-hydrogen) atoms. The highest BCUT2D eigenvalue weighted by Gasteiger charge is 2.37. The second-order valence-electron chi connectivity index (χ2n) is 11.2. The summed E-state index contributed by atoms with van der Waals surface area (Å²) in [5.74, 6) is -2.57. The summed E-state index contributed by atoms with van der Waals surface area (Å²) in [4.78, 5) is 64.6. The average molecular weight is 630 g/mol. The molecule has 3 aromatic rings. The number of hydrogen-bond acceptors (Lipinski definition) is 10. The molecule has 0 bridgehead atoms. The van der Waals surface area contributed by atoms with E-state index in [4.69, 9.17) is 25.6 Å². The fraction of sp³-hybridized carbons (Fsp3) is 0.414. The Labute approximate surface area is 257 Å². The van der Waals surface area contributed by atoms with Crippen molar-refractivity contribution in [1.82, 2.24) is 19.9 Å². The lowest BCUT2D eigenvalue weighted by atomic mass is 9.97. The number of ether oxygens (including phenoxy) is 2. The molecule has 0 radical (unpaired) electrons. The fourth-order valence-corrected chi connectivity index (χ4v) is 5.09. The molecule has 4 rings (SSSR count). The highest BCUT2D eigenvalue weighted by Crippen LogP contribution is 2.30. The number of urea groups is 1. The maximum absolute atomic E-state index is 13.8. The number of esters is 1. The van der Waals surface area contributed by atoms with Gasteiger partial charge in [0.2, 0.25) is 5.91 Å². The van der Waals surface area contributed by atoms with Crippen molar-refractivity contribution in [2.24, 2.45) is 5.92 Å². The van der Waals surface area contributed by atoms with Crippen LogP contribution in [0, 0.1) is 16.0 Å². The number of rotatable bonds is 8. The molecule has 15 heteroatoms. The van der Waals surface area contributed by atoms with Gasteiger partial charge in [0.1, 0.15) is 16.9 Å². The highest BCUT2D eigenvalue weighted by molar-refractivity contribution is 6.30. The van der Waals surface area contributed by atoms with Crippen LogP contribution in [0.1, 0.15) is 67.5 Å². The maximum atomic E-state index is 13.8. The van der Waals surface area contributed by atoms with Gasteiger partial charge in [-0.05, 0) is 69.0 Å². The number of nitrogens with one attached hydrogen (secondary N) is 1. The van der Waals surface area contributed by atoms with Crippen molar-refractivity contribution < 1.29 is 33.3 Å². The van der Waals surface area contributed by atoms with Crippen molar-refractivity contribution in [1.29, 1.82) is 0 Å². The number of halogens is 1. The monoisotopic (exact) mass is 629 g/mol. The van der Waals surface area contributed by atoms with Crippen LogP contribution in [0.5, 0.6) is 5.75 Å². The number of carbonyl (C=O) groups excluding carboxylic acids is 3. The molecule has 0 saturated carbocycles. The molecule has 0 saturated heterocycles. The Morgan fingerprint density at radius 3 is 2.59 bits per heavy atom. The largest absolute Gasteiger partial charge is 0.496 e. The third-order valence-corrected chi connectivity index (χ3v) is 7.21. The number of methoxy groups -OCH3 is 1. The van der Waals surface area contributed by atoms with Crippen molar-refractivity contribution >= 4 is 35.2 Å². The fourth-order valence-electron chi connectivity index (χ4n) is 4.89. The topological polar surface area (TPSA) is 176 Å². The minimum Gasteiger partial charge on any atom is -0.496 e. The third kappa shape index (κ3) is 7.08. The van der Waals surface area contributed by atoms with E-state index in [9.17, 15) is 29.3 Å². The van der Waals surface area contributed by atoms with E-state index < -0.39 is 51.8 Å². The van der Waals surface area contributed by atoms with E-state index >= 15 is 0 Å². The number of amides is 3. The van der Waals surface area contributed by atoms with Crippen LogP contribution in [0.3, 0.4) is 0 Å². The van der Waals surface area contributed by atoms with Crippen LogP contribution in [0.15, 0.2) is 45.7 Å². The van der Waals surface area contributed by atoms with E-state index in [1.165, 1.54) is 29.9 Å². The lowest BCUT2D eigenvalue weighted by molar-refractivity contribution is -0.385. The lowest BCUT2D eigenvalue weighted by Crippen LogP contribution is -2.46. The normalized spacial score (nSPS) is 15.6. The molecular weight excluding hydrogens is 598 g/mol. The number of aromatic nitrogens is 2. The van der Waals surface area contributed by atoms with E-state index in [1.54, 1.807) is 45.9 Å². The third-order valence-electron chi connectivity index (χ3n) is 6.98. The number of fused-ring (bicyclic) bond motifs is 1. The molecule has 1 N–H and O–H groups in total. The zero-order chi connectivity index (χ0) is 32.3. The molecule has 2 atom stereocenters. The summed E-state index contributed by atoms with van der Waals surface area (Å²) in [7, 11) is 1.47. The Kier molecular flexibility index (Phi) is 9.42.